The van der Waals surface area contributed by atoms with Crippen molar-refractivity contribution in [1.82, 2.24) is 4.72 Å². The Morgan fingerprint density at radius 2 is 2.33 bits per heavy atom. The van der Waals surface area contributed by atoms with Crippen molar-refractivity contribution in [3.8, 4) is 6.07 Å². The number of hydrogen-bond donors (Lipinski definition) is 1. The van der Waals surface area contributed by atoms with E-state index in [2.05, 4.69) is 11.3 Å². The molecule has 68 valence electrons. The van der Waals surface area contributed by atoms with Gasteiger partial charge >= 0.3 is 0 Å². The highest BCUT2D eigenvalue weighted by atomic mass is 32.2. The normalized spacial score (nSPS) is 13.3. The molecule has 4 nitrogen and oxygen atoms in total. The van der Waals surface area contributed by atoms with Crippen molar-refractivity contribution in [2.24, 2.45) is 0 Å². The fourth-order valence-electron chi connectivity index (χ4n) is 0.731. The zero-order valence-corrected chi connectivity index (χ0v) is 7.76. The van der Waals surface area contributed by atoms with E-state index < -0.39 is 15.8 Å². The molecule has 0 rings (SSSR count). The van der Waals surface area contributed by atoms with Crippen molar-refractivity contribution in [2.75, 3.05) is 5.75 Å². The summed E-state index contributed by atoms with van der Waals surface area (Å²) < 4.78 is 24.2. The van der Waals surface area contributed by atoms with Crippen LogP contribution in [0.4, 0.5) is 0 Å². The van der Waals surface area contributed by atoms with Crippen LogP contribution in [-0.2, 0) is 10.0 Å². The van der Waals surface area contributed by atoms with Crippen molar-refractivity contribution in [1.29, 1.82) is 5.26 Å². The maximum atomic E-state index is 10.9. The minimum atomic E-state index is -3.41. The van der Waals surface area contributed by atoms with Crippen LogP contribution in [0.2, 0.25) is 0 Å². The molecule has 0 aromatic heterocycles. The van der Waals surface area contributed by atoms with E-state index in [0.29, 0.717) is 6.42 Å². The molecule has 0 aliphatic heterocycles. The Bertz CT molecular complexity index is 276. The lowest BCUT2D eigenvalue weighted by Gasteiger charge is -2.09. The van der Waals surface area contributed by atoms with Crippen molar-refractivity contribution in [3.63, 3.8) is 0 Å². The summed E-state index contributed by atoms with van der Waals surface area (Å²) >= 11 is 0. The van der Waals surface area contributed by atoms with Crippen LogP contribution in [-0.4, -0.2) is 20.2 Å². The van der Waals surface area contributed by atoms with E-state index in [9.17, 15) is 8.42 Å². The molecule has 0 heterocycles. The van der Waals surface area contributed by atoms with Gasteiger partial charge in [0.1, 0.15) is 0 Å². The smallest absolute Gasteiger partial charge is 0.211 e. The van der Waals surface area contributed by atoms with Crippen LogP contribution < -0.4 is 4.72 Å². The maximum absolute atomic E-state index is 10.9. The first-order chi connectivity index (χ1) is 5.52. The summed E-state index contributed by atoms with van der Waals surface area (Å²) in [5, 5.41) is 8.16. The average Bonchev–Trinajstić information content (AvgIpc) is 1.85. The predicted octanol–water partition coefficient (Wildman–Crippen LogP) is 0.394. The molecule has 5 heteroatoms. The molecule has 1 N–H and O–H groups in total. The van der Waals surface area contributed by atoms with Gasteiger partial charge in [0, 0.05) is 6.04 Å². The molecular weight excluding hydrogens is 176 g/mol. The van der Waals surface area contributed by atoms with Gasteiger partial charge in [-0.1, -0.05) is 6.08 Å². The fourth-order valence-corrected chi connectivity index (χ4v) is 1.69. The Hall–Kier alpha value is -0.860. The van der Waals surface area contributed by atoms with E-state index in [1.165, 1.54) is 0 Å². The summed E-state index contributed by atoms with van der Waals surface area (Å²) in [6.07, 6.45) is 2.18. The van der Waals surface area contributed by atoms with Gasteiger partial charge in [0.25, 0.3) is 0 Å². The third-order valence-electron chi connectivity index (χ3n) is 1.16. The van der Waals surface area contributed by atoms with E-state index in [1.54, 1.807) is 19.1 Å². The number of rotatable bonds is 5. The maximum Gasteiger partial charge on any atom is 0.225 e. The van der Waals surface area contributed by atoms with E-state index in [0.717, 1.165) is 0 Å². The molecule has 0 aliphatic carbocycles. The Balaban J connectivity index is 4.08. The second-order valence-electron chi connectivity index (χ2n) is 2.46. The van der Waals surface area contributed by atoms with Crippen molar-refractivity contribution in [2.45, 2.75) is 19.4 Å². The van der Waals surface area contributed by atoms with Crippen molar-refractivity contribution >= 4 is 10.0 Å². The van der Waals surface area contributed by atoms with Gasteiger partial charge in [0.15, 0.2) is 5.75 Å². The molecule has 0 saturated carbocycles. The third kappa shape index (κ3) is 4.88. The van der Waals surface area contributed by atoms with Gasteiger partial charge in [-0.3, -0.25) is 0 Å². The van der Waals surface area contributed by atoms with E-state index >= 15 is 0 Å². The molecule has 0 fully saturated rings. The van der Waals surface area contributed by atoms with Gasteiger partial charge in [-0.25, -0.2) is 13.1 Å². The molecule has 0 saturated heterocycles. The minimum absolute atomic E-state index is 0.194. The lowest BCUT2D eigenvalue weighted by atomic mass is 10.3. The topological polar surface area (TPSA) is 70.0 Å². The van der Waals surface area contributed by atoms with Crippen LogP contribution in [0.5, 0.6) is 0 Å². The number of nitrogens with zero attached hydrogens (tertiary/aromatic N) is 1. The summed E-state index contributed by atoms with van der Waals surface area (Å²) in [4.78, 5) is 0. The highest BCUT2D eigenvalue weighted by Gasteiger charge is 2.11. The first-order valence-electron chi connectivity index (χ1n) is 3.49. The Morgan fingerprint density at radius 1 is 1.75 bits per heavy atom. The zero-order chi connectivity index (χ0) is 9.61. The van der Waals surface area contributed by atoms with Gasteiger partial charge in [0.05, 0.1) is 6.07 Å². The highest BCUT2D eigenvalue weighted by Crippen LogP contribution is 1.94. The second-order valence-corrected chi connectivity index (χ2v) is 4.21. The summed E-state index contributed by atoms with van der Waals surface area (Å²) in [6.45, 7) is 5.20. The van der Waals surface area contributed by atoms with Gasteiger partial charge in [-0.2, -0.15) is 5.26 Å². The first kappa shape index (κ1) is 11.1. The van der Waals surface area contributed by atoms with Crippen LogP contribution in [0.1, 0.15) is 13.3 Å². The highest BCUT2D eigenvalue weighted by molar-refractivity contribution is 7.89. The van der Waals surface area contributed by atoms with E-state index in [1.807, 2.05) is 0 Å². The standard InChI is InChI=1S/C7H12N2O2S/c1-3-4-7(2)9-12(10,11)6-5-8/h3,7,9H,1,4,6H2,2H3. The number of nitrogens with one attached hydrogen (secondary N) is 1. The molecule has 0 radical (unpaired) electrons. The average molecular weight is 188 g/mol. The van der Waals surface area contributed by atoms with Crippen LogP contribution in [0.3, 0.4) is 0 Å². The Labute approximate surface area is 72.9 Å². The third-order valence-corrected chi connectivity index (χ3v) is 2.43. The molecule has 0 aliphatic rings. The lowest BCUT2D eigenvalue weighted by Crippen LogP contribution is -2.33. The van der Waals surface area contributed by atoms with Crippen LogP contribution in [0, 0.1) is 11.3 Å². The fraction of sp³-hybridized carbons (Fsp3) is 0.571. The molecule has 0 aromatic carbocycles. The molecule has 12 heavy (non-hydrogen) atoms. The number of nitriles is 1. The van der Waals surface area contributed by atoms with Crippen molar-refractivity contribution < 1.29 is 8.42 Å². The summed E-state index contributed by atoms with van der Waals surface area (Å²) in [5.41, 5.74) is 0. The molecule has 1 unspecified atom stereocenters. The summed E-state index contributed by atoms with van der Waals surface area (Å²) in [7, 11) is -3.41. The van der Waals surface area contributed by atoms with Gasteiger partial charge in [-0.15, -0.1) is 6.58 Å². The summed E-state index contributed by atoms with van der Waals surface area (Å²) in [5.74, 6) is -0.492. The van der Waals surface area contributed by atoms with E-state index in [4.69, 9.17) is 5.26 Å². The van der Waals surface area contributed by atoms with Crippen molar-refractivity contribution in [3.05, 3.63) is 12.7 Å². The van der Waals surface area contributed by atoms with Crippen LogP contribution in [0.15, 0.2) is 12.7 Å². The number of sulfonamides is 1. The first-order valence-corrected chi connectivity index (χ1v) is 5.15. The molecule has 0 amide bonds. The SMILES string of the molecule is C=CCC(C)NS(=O)(=O)CC#N. The zero-order valence-electron chi connectivity index (χ0n) is 6.95. The molecular formula is C7H12N2O2S. The summed E-state index contributed by atoms with van der Waals surface area (Å²) in [6, 6.07) is 1.39. The Kier molecular flexibility index (Phi) is 4.55. The second kappa shape index (κ2) is 4.91. The Morgan fingerprint density at radius 3 is 2.75 bits per heavy atom. The van der Waals surface area contributed by atoms with Gasteiger partial charge in [0.2, 0.25) is 10.0 Å². The molecule has 1 atom stereocenters. The molecule has 0 bridgehead atoms. The predicted molar refractivity (Wildman–Crippen MR) is 46.8 cm³/mol. The number of hydrogen-bond acceptors (Lipinski definition) is 3. The molecule has 0 aromatic rings. The monoisotopic (exact) mass is 188 g/mol. The largest absolute Gasteiger partial charge is 0.225 e. The lowest BCUT2D eigenvalue weighted by molar-refractivity contribution is 0.565. The van der Waals surface area contributed by atoms with E-state index in [-0.39, 0.29) is 6.04 Å². The molecule has 0 spiro atoms. The van der Waals surface area contributed by atoms with Crippen LogP contribution >= 0.6 is 0 Å². The van der Waals surface area contributed by atoms with Gasteiger partial charge in [-0.05, 0) is 13.3 Å². The van der Waals surface area contributed by atoms with Crippen LogP contribution in [0.25, 0.3) is 0 Å². The minimum Gasteiger partial charge on any atom is -0.211 e. The van der Waals surface area contributed by atoms with Gasteiger partial charge < -0.3 is 0 Å². The quantitative estimate of drug-likeness (QED) is 0.635.